The lowest BCUT2D eigenvalue weighted by molar-refractivity contribution is 0.269. The van der Waals surface area contributed by atoms with Gasteiger partial charge in [-0.25, -0.2) is 0 Å². The van der Waals surface area contributed by atoms with Crippen molar-refractivity contribution in [3.63, 3.8) is 0 Å². The van der Waals surface area contributed by atoms with E-state index in [1.54, 1.807) is 0 Å². The number of anilines is 2. The van der Waals surface area contributed by atoms with Gasteiger partial charge in [-0.1, -0.05) is 135 Å². The molecular formula is C40H44N3O2P. The Hall–Kier alpha value is -4.05. The second-order valence-electron chi connectivity index (χ2n) is 13.1. The summed E-state index contributed by atoms with van der Waals surface area (Å²) >= 11 is 0. The molecule has 1 aliphatic rings. The van der Waals surface area contributed by atoms with Gasteiger partial charge in [-0.3, -0.25) is 9.59 Å². The van der Waals surface area contributed by atoms with Crippen molar-refractivity contribution in [2.24, 2.45) is 5.92 Å². The highest BCUT2D eigenvalue weighted by molar-refractivity contribution is 7.74. The number of rotatable bonds is 12. The lowest BCUT2D eigenvalue weighted by Crippen LogP contribution is -2.46. The van der Waals surface area contributed by atoms with Gasteiger partial charge in [0.05, 0.1) is 12.1 Å². The Kier molecular flexibility index (Phi) is 9.54. The fourth-order valence-electron chi connectivity index (χ4n) is 7.73. The molecule has 1 fully saturated rings. The van der Waals surface area contributed by atoms with Crippen LogP contribution >= 0.6 is 7.92 Å². The fourth-order valence-corrected chi connectivity index (χ4v) is 11.2. The Morgan fingerprint density at radius 3 is 1.65 bits per heavy atom. The number of nitrogens with one attached hydrogen (secondary N) is 2. The predicted molar refractivity (Wildman–Crippen MR) is 195 cm³/mol. The van der Waals surface area contributed by atoms with Crippen molar-refractivity contribution in [1.29, 1.82) is 0 Å². The van der Waals surface area contributed by atoms with Crippen molar-refractivity contribution in [2.45, 2.75) is 56.4 Å². The first-order valence-corrected chi connectivity index (χ1v) is 17.7. The van der Waals surface area contributed by atoms with Crippen molar-refractivity contribution in [2.75, 3.05) is 24.7 Å². The number of hydrogen-bond acceptors (Lipinski definition) is 5. The molecule has 1 aliphatic carbocycles. The maximum absolute atomic E-state index is 13.3. The molecule has 236 valence electrons. The van der Waals surface area contributed by atoms with Crippen LogP contribution in [-0.4, -0.2) is 30.2 Å². The average molecular weight is 630 g/mol. The summed E-state index contributed by atoms with van der Waals surface area (Å²) < 4.78 is 0. The maximum Gasteiger partial charge on any atom is 0.253 e. The minimum absolute atomic E-state index is 0.00252. The van der Waals surface area contributed by atoms with Gasteiger partial charge >= 0.3 is 0 Å². The van der Waals surface area contributed by atoms with Crippen LogP contribution < -0.4 is 32.1 Å². The molecule has 5 aromatic carbocycles. The molecule has 0 aromatic heterocycles. The van der Waals surface area contributed by atoms with E-state index < -0.39 is 18.8 Å². The summed E-state index contributed by atoms with van der Waals surface area (Å²) in [6, 6.07) is 42.0. The van der Waals surface area contributed by atoms with E-state index in [2.05, 4.69) is 128 Å². The molecule has 0 radical (unpaired) electrons. The van der Waals surface area contributed by atoms with E-state index in [-0.39, 0.29) is 23.3 Å². The minimum atomic E-state index is -0.663. The average Bonchev–Trinajstić information content (AvgIpc) is 3.48. The second-order valence-corrected chi connectivity index (χ2v) is 15.8. The first kappa shape index (κ1) is 31.9. The monoisotopic (exact) mass is 629 g/mol. The van der Waals surface area contributed by atoms with Crippen molar-refractivity contribution in [3.05, 3.63) is 153 Å². The topological polar surface area (TPSA) is 61.4 Å². The summed E-state index contributed by atoms with van der Waals surface area (Å²) in [5.74, 6) is 0.319. The number of benzene rings is 4. The molecule has 6 rings (SSSR count). The fraction of sp³-hybridized carbons (Fsp3) is 0.300. The van der Waals surface area contributed by atoms with E-state index in [9.17, 15) is 9.59 Å². The Balaban J connectivity index is 1.32. The number of nitrogens with zero attached hydrogens (tertiary/aromatic N) is 1. The van der Waals surface area contributed by atoms with Crippen LogP contribution in [0.3, 0.4) is 0 Å². The zero-order valence-electron chi connectivity index (χ0n) is 27.2. The molecular weight excluding hydrogens is 585 g/mol. The molecule has 0 aliphatic heterocycles. The summed E-state index contributed by atoms with van der Waals surface area (Å²) in [6.45, 7) is 4.64. The molecule has 0 bridgehead atoms. The van der Waals surface area contributed by atoms with Gasteiger partial charge in [0, 0.05) is 11.2 Å². The zero-order chi connectivity index (χ0) is 32.3. The van der Waals surface area contributed by atoms with Crippen LogP contribution in [0, 0.1) is 5.92 Å². The van der Waals surface area contributed by atoms with Gasteiger partial charge in [-0.15, -0.1) is 0 Å². The van der Waals surface area contributed by atoms with Crippen LogP contribution in [0.4, 0.5) is 11.4 Å². The zero-order valence-corrected chi connectivity index (χ0v) is 28.1. The summed E-state index contributed by atoms with van der Waals surface area (Å²) in [6.07, 6.45) is 3.33. The van der Waals surface area contributed by atoms with Gasteiger partial charge in [-0.2, -0.15) is 0 Å². The Morgan fingerprint density at radius 2 is 1.15 bits per heavy atom. The minimum Gasteiger partial charge on any atom is -0.377 e. The molecule has 2 N–H and O–H groups in total. The Morgan fingerprint density at radius 1 is 0.696 bits per heavy atom. The van der Waals surface area contributed by atoms with E-state index in [1.807, 2.05) is 36.4 Å². The van der Waals surface area contributed by atoms with E-state index in [0.29, 0.717) is 17.3 Å². The molecule has 0 spiro atoms. The third-order valence-electron chi connectivity index (χ3n) is 9.89. The van der Waals surface area contributed by atoms with Crippen LogP contribution in [0.25, 0.3) is 0 Å². The predicted octanol–water partition coefficient (Wildman–Crippen LogP) is 7.23. The molecule has 5 atom stereocenters. The van der Waals surface area contributed by atoms with Gasteiger partial charge in [0.1, 0.15) is 11.4 Å². The maximum atomic E-state index is 13.3. The lowest BCUT2D eigenvalue weighted by Gasteiger charge is -2.43. The smallest absolute Gasteiger partial charge is 0.253 e. The summed E-state index contributed by atoms with van der Waals surface area (Å²) in [5, 5.41) is 9.96. The SMILES string of the molecule is C[C@@H](Nc1c(N[C@@H](c2ccccc2)[C@H](c2ccccc2)N(C)C)c(=O)c1=O)[C@@H]1CCCC1(C)P(c1ccccc1)c1ccccc1. The van der Waals surface area contributed by atoms with Crippen LogP contribution in [0.1, 0.15) is 56.3 Å². The molecule has 1 unspecified atom stereocenters. The molecule has 1 saturated carbocycles. The van der Waals surface area contributed by atoms with E-state index >= 15 is 0 Å². The largest absolute Gasteiger partial charge is 0.377 e. The normalized spacial score (nSPS) is 20.1. The standard InChI is InChI=1S/C40H44N3O2P/c1-28(33-26-17-27-40(33,2)46(31-22-13-7-14-23-31)32-24-15-8-16-25-32)41-35-36(39(45)38(35)44)42-34(29-18-9-5-10-19-29)37(43(3)4)30-20-11-6-12-21-30/h5-16,18-25,28,33-34,37,41-42H,17,26-27H2,1-4H3/t28-,33+,34+,37+,40?/m1/s1. The van der Waals surface area contributed by atoms with E-state index in [4.69, 9.17) is 0 Å². The first-order chi connectivity index (χ1) is 22.3. The molecule has 5 aromatic rings. The molecule has 6 heteroatoms. The molecule has 0 amide bonds. The van der Waals surface area contributed by atoms with E-state index in [1.165, 1.54) is 10.6 Å². The molecule has 46 heavy (non-hydrogen) atoms. The van der Waals surface area contributed by atoms with Crippen LogP contribution in [0.2, 0.25) is 0 Å². The number of hydrogen-bond donors (Lipinski definition) is 2. The number of likely N-dealkylation sites (N-methyl/N-ethyl adjacent to an activating group) is 1. The van der Waals surface area contributed by atoms with Crippen molar-refractivity contribution in [3.8, 4) is 0 Å². The van der Waals surface area contributed by atoms with Gasteiger partial charge in [-0.05, 0) is 69.4 Å². The van der Waals surface area contributed by atoms with Crippen LogP contribution in [0.5, 0.6) is 0 Å². The third-order valence-corrected chi connectivity index (χ3v) is 13.1. The van der Waals surface area contributed by atoms with Gasteiger partial charge in [0.2, 0.25) is 0 Å². The van der Waals surface area contributed by atoms with Crippen molar-refractivity contribution in [1.82, 2.24) is 4.90 Å². The van der Waals surface area contributed by atoms with E-state index in [0.717, 1.165) is 30.4 Å². The van der Waals surface area contributed by atoms with Gasteiger partial charge in [0.15, 0.2) is 0 Å². The highest BCUT2D eigenvalue weighted by Gasteiger charge is 2.48. The van der Waals surface area contributed by atoms with Gasteiger partial charge in [0.25, 0.3) is 10.9 Å². The lowest BCUT2D eigenvalue weighted by atomic mass is 9.89. The summed E-state index contributed by atoms with van der Waals surface area (Å²) in [4.78, 5) is 28.7. The Bertz CT molecular complexity index is 1750. The summed E-state index contributed by atoms with van der Waals surface area (Å²) in [7, 11) is 3.44. The molecule has 5 nitrogen and oxygen atoms in total. The highest BCUT2D eigenvalue weighted by atomic mass is 31.1. The second kappa shape index (κ2) is 13.7. The van der Waals surface area contributed by atoms with Crippen molar-refractivity contribution < 1.29 is 0 Å². The summed E-state index contributed by atoms with van der Waals surface area (Å²) in [5.41, 5.74) is 2.11. The highest BCUT2D eigenvalue weighted by Crippen LogP contribution is 2.60. The molecule has 0 heterocycles. The quantitative estimate of drug-likeness (QED) is 0.113. The third kappa shape index (κ3) is 6.19. The molecule has 0 saturated heterocycles. The van der Waals surface area contributed by atoms with Crippen molar-refractivity contribution >= 4 is 29.9 Å². The van der Waals surface area contributed by atoms with Crippen LogP contribution in [0.15, 0.2) is 131 Å². The Labute approximate surface area is 274 Å². The van der Waals surface area contributed by atoms with Gasteiger partial charge < -0.3 is 15.5 Å². The van der Waals surface area contributed by atoms with Crippen LogP contribution in [-0.2, 0) is 0 Å². The first-order valence-electron chi connectivity index (χ1n) is 16.3.